The maximum Gasteiger partial charge on any atom is 0.224 e. The number of carbonyl (C=O) groups excluding carboxylic acids is 1. The fourth-order valence-electron chi connectivity index (χ4n) is 1.57. The van der Waals surface area contributed by atoms with Crippen LogP contribution in [0.4, 0.5) is 11.4 Å². The molecule has 112 valence electrons. The van der Waals surface area contributed by atoms with Gasteiger partial charge < -0.3 is 11.1 Å². The van der Waals surface area contributed by atoms with Crippen molar-refractivity contribution in [2.45, 2.75) is 26.7 Å². The van der Waals surface area contributed by atoms with Crippen molar-refractivity contribution < 1.29 is 4.79 Å². The van der Waals surface area contributed by atoms with Crippen molar-refractivity contribution in [1.29, 1.82) is 0 Å². The first-order valence-electron chi connectivity index (χ1n) is 6.52. The molecule has 3 N–H and O–H groups in total. The Morgan fingerprint density at radius 2 is 1.95 bits per heavy atom. The molecule has 0 saturated heterocycles. The molecule has 3 nitrogen and oxygen atoms in total. The van der Waals surface area contributed by atoms with Crippen molar-refractivity contribution in [3.05, 3.63) is 22.2 Å². The number of hydrogen-bond acceptors (Lipinski definition) is 3. The normalized spacial score (nSPS) is 10.8. The minimum Gasteiger partial charge on any atom is -0.399 e. The number of thioether (sulfide) groups is 1. The molecule has 0 unspecified atom stereocenters. The Morgan fingerprint density at radius 1 is 1.35 bits per heavy atom. The van der Waals surface area contributed by atoms with Gasteiger partial charge in [-0.05, 0) is 36.0 Å². The summed E-state index contributed by atoms with van der Waals surface area (Å²) in [6.07, 6.45) is 1.30. The van der Waals surface area contributed by atoms with Gasteiger partial charge in [0.15, 0.2) is 0 Å². The molecule has 0 spiro atoms. The summed E-state index contributed by atoms with van der Waals surface area (Å²) in [5, 5.41) is 3.46. The van der Waals surface area contributed by atoms with E-state index in [0.29, 0.717) is 33.8 Å². The standard InChI is InChI=1S/C14H20Cl2N2OS/c1-9(2)8-20-5-3-4-13(19)18-14-11(15)6-10(17)7-12(14)16/h6-7,9H,3-5,8,17H2,1-2H3,(H,18,19). The van der Waals surface area contributed by atoms with E-state index in [2.05, 4.69) is 19.2 Å². The Morgan fingerprint density at radius 3 is 2.50 bits per heavy atom. The highest BCUT2D eigenvalue weighted by atomic mass is 35.5. The predicted molar refractivity (Wildman–Crippen MR) is 90.9 cm³/mol. The molecule has 0 fully saturated rings. The van der Waals surface area contributed by atoms with Crippen molar-refractivity contribution in [1.82, 2.24) is 0 Å². The molecule has 0 aliphatic heterocycles. The van der Waals surface area contributed by atoms with Gasteiger partial charge in [0, 0.05) is 12.1 Å². The third-order valence-electron chi connectivity index (χ3n) is 2.47. The molecule has 0 heterocycles. The summed E-state index contributed by atoms with van der Waals surface area (Å²) in [6, 6.07) is 3.14. The summed E-state index contributed by atoms with van der Waals surface area (Å²) >= 11 is 13.9. The predicted octanol–water partition coefficient (Wildman–Crippen LogP) is 4.68. The van der Waals surface area contributed by atoms with Gasteiger partial charge >= 0.3 is 0 Å². The smallest absolute Gasteiger partial charge is 0.224 e. The average Bonchev–Trinajstić information content (AvgIpc) is 2.33. The molecule has 0 aromatic heterocycles. The summed E-state index contributed by atoms with van der Waals surface area (Å²) in [6.45, 7) is 4.37. The number of anilines is 2. The van der Waals surface area contributed by atoms with Crippen LogP contribution < -0.4 is 11.1 Å². The van der Waals surface area contributed by atoms with Gasteiger partial charge in [-0.1, -0.05) is 37.0 Å². The molecule has 0 saturated carbocycles. The van der Waals surface area contributed by atoms with E-state index in [4.69, 9.17) is 28.9 Å². The number of nitrogens with one attached hydrogen (secondary N) is 1. The number of nitrogen functional groups attached to an aromatic ring is 1. The lowest BCUT2D eigenvalue weighted by molar-refractivity contribution is -0.116. The monoisotopic (exact) mass is 334 g/mol. The van der Waals surface area contributed by atoms with Gasteiger partial charge in [-0.2, -0.15) is 11.8 Å². The minimum atomic E-state index is -0.0799. The van der Waals surface area contributed by atoms with E-state index in [1.54, 1.807) is 12.1 Å². The van der Waals surface area contributed by atoms with Crippen molar-refractivity contribution in [3.63, 3.8) is 0 Å². The molecule has 0 aliphatic rings. The topological polar surface area (TPSA) is 55.1 Å². The molecule has 0 bridgehead atoms. The number of hydrogen-bond donors (Lipinski definition) is 2. The SMILES string of the molecule is CC(C)CSCCCC(=O)Nc1c(Cl)cc(N)cc1Cl. The maximum atomic E-state index is 11.8. The Balaban J connectivity index is 2.39. The van der Waals surface area contributed by atoms with E-state index in [-0.39, 0.29) is 5.91 Å². The molecule has 20 heavy (non-hydrogen) atoms. The van der Waals surface area contributed by atoms with E-state index in [9.17, 15) is 4.79 Å². The van der Waals surface area contributed by atoms with Gasteiger partial charge in [0.1, 0.15) is 0 Å². The van der Waals surface area contributed by atoms with Gasteiger partial charge in [-0.3, -0.25) is 4.79 Å². The number of amides is 1. The van der Waals surface area contributed by atoms with Gasteiger partial charge in [-0.15, -0.1) is 0 Å². The van der Waals surface area contributed by atoms with Crippen molar-refractivity contribution in [2.75, 3.05) is 22.6 Å². The fraction of sp³-hybridized carbons (Fsp3) is 0.500. The molecule has 0 aliphatic carbocycles. The number of carbonyl (C=O) groups is 1. The highest BCUT2D eigenvalue weighted by molar-refractivity contribution is 7.99. The molecule has 1 aromatic rings. The summed E-state index contributed by atoms with van der Waals surface area (Å²) in [5.74, 6) is 2.71. The van der Waals surface area contributed by atoms with E-state index < -0.39 is 0 Å². The number of halogens is 2. The molecule has 1 amide bonds. The first kappa shape index (κ1) is 17.5. The largest absolute Gasteiger partial charge is 0.399 e. The Bertz CT molecular complexity index is 443. The lowest BCUT2D eigenvalue weighted by atomic mass is 10.2. The summed E-state index contributed by atoms with van der Waals surface area (Å²) in [5.41, 5.74) is 6.52. The van der Waals surface area contributed by atoms with Crippen LogP contribution in [-0.4, -0.2) is 17.4 Å². The molecule has 1 aromatic carbocycles. The second-order valence-corrected chi connectivity index (χ2v) is 6.94. The lowest BCUT2D eigenvalue weighted by Gasteiger charge is -2.10. The summed E-state index contributed by atoms with van der Waals surface area (Å²) in [7, 11) is 0. The van der Waals surface area contributed by atoms with Crippen LogP contribution in [0.5, 0.6) is 0 Å². The van der Waals surface area contributed by atoms with Gasteiger partial charge in [-0.25, -0.2) is 0 Å². The van der Waals surface area contributed by atoms with Crippen LogP contribution in [0, 0.1) is 5.92 Å². The van der Waals surface area contributed by atoms with Gasteiger partial charge in [0.2, 0.25) is 5.91 Å². The zero-order valence-corrected chi connectivity index (χ0v) is 14.0. The van der Waals surface area contributed by atoms with E-state index in [1.807, 2.05) is 11.8 Å². The molecule has 6 heteroatoms. The molecule has 0 atom stereocenters. The van der Waals surface area contributed by atoms with Crippen LogP contribution in [0.2, 0.25) is 10.0 Å². The quantitative estimate of drug-likeness (QED) is 0.562. The highest BCUT2D eigenvalue weighted by Crippen LogP contribution is 2.32. The number of rotatable bonds is 7. The Labute approximate surface area is 134 Å². The zero-order valence-electron chi connectivity index (χ0n) is 11.7. The summed E-state index contributed by atoms with van der Waals surface area (Å²) in [4.78, 5) is 11.8. The molecular weight excluding hydrogens is 315 g/mol. The number of benzene rings is 1. The van der Waals surface area contributed by atoms with Crippen molar-refractivity contribution in [3.8, 4) is 0 Å². The zero-order chi connectivity index (χ0) is 15.1. The molecular formula is C14H20Cl2N2OS. The Hall–Kier alpha value is -0.580. The van der Waals surface area contributed by atoms with Crippen LogP contribution >= 0.6 is 35.0 Å². The maximum absolute atomic E-state index is 11.8. The van der Waals surface area contributed by atoms with E-state index in [0.717, 1.165) is 17.9 Å². The third-order valence-corrected chi connectivity index (χ3v) is 4.55. The van der Waals surface area contributed by atoms with Crippen LogP contribution in [0.1, 0.15) is 26.7 Å². The van der Waals surface area contributed by atoms with Crippen LogP contribution in [0.25, 0.3) is 0 Å². The van der Waals surface area contributed by atoms with E-state index >= 15 is 0 Å². The fourth-order valence-corrected chi connectivity index (χ4v) is 3.15. The van der Waals surface area contributed by atoms with Crippen LogP contribution in [0.3, 0.4) is 0 Å². The van der Waals surface area contributed by atoms with Crippen molar-refractivity contribution in [2.24, 2.45) is 5.92 Å². The minimum absolute atomic E-state index is 0.0799. The second kappa shape index (κ2) is 8.65. The summed E-state index contributed by atoms with van der Waals surface area (Å²) < 4.78 is 0. The second-order valence-electron chi connectivity index (χ2n) is 4.98. The van der Waals surface area contributed by atoms with Gasteiger partial charge in [0.25, 0.3) is 0 Å². The molecule has 0 radical (unpaired) electrons. The van der Waals surface area contributed by atoms with Gasteiger partial charge in [0.05, 0.1) is 15.7 Å². The average molecular weight is 335 g/mol. The first-order valence-corrected chi connectivity index (χ1v) is 8.43. The van der Waals surface area contributed by atoms with Crippen LogP contribution in [0.15, 0.2) is 12.1 Å². The first-order chi connectivity index (χ1) is 9.40. The van der Waals surface area contributed by atoms with Crippen molar-refractivity contribution >= 4 is 52.2 Å². The Kier molecular flexibility index (Phi) is 7.56. The van der Waals surface area contributed by atoms with E-state index in [1.165, 1.54) is 0 Å². The number of nitrogens with two attached hydrogens (primary N) is 1. The van der Waals surface area contributed by atoms with Crippen LogP contribution in [-0.2, 0) is 4.79 Å². The third kappa shape index (κ3) is 6.25. The molecule has 1 rings (SSSR count). The highest BCUT2D eigenvalue weighted by Gasteiger charge is 2.10. The lowest BCUT2D eigenvalue weighted by Crippen LogP contribution is -2.12.